The molecule has 3 nitrogen and oxygen atoms in total. The average molecular weight is 195 g/mol. The highest BCUT2D eigenvalue weighted by Gasteiger charge is 2.20. The molecule has 0 saturated carbocycles. The third-order valence-corrected chi connectivity index (χ3v) is 2.06. The lowest BCUT2D eigenvalue weighted by Gasteiger charge is -2.21. The molecule has 0 bridgehead atoms. The third kappa shape index (κ3) is 2.16. The van der Waals surface area contributed by atoms with Crippen molar-refractivity contribution >= 4 is 0 Å². The first kappa shape index (κ1) is 10.8. The minimum Gasteiger partial charge on any atom is -0.495 e. The number of rotatable bonds is 2. The second-order valence-electron chi connectivity index (χ2n) is 4.18. The predicted molar refractivity (Wildman–Crippen MR) is 56.0 cm³/mol. The van der Waals surface area contributed by atoms with Crippen molar-refractivity contribution in [2.45, 2.75) is 26.2 Å². The monoisotopic (exact) mass is 195 g/mol. The number of hydrogen-bond donors (Lipinski definition) is 0. The van der Waals surface area contributed by atoms with Crippen LogP contribution in [0.25, 0.3) is 0 Å². The molecule has 0 aliphatic carbocycles. The summed E-state index contributed by atoms with van der Waals surface area (Å²) in [6.07, 6.45) is 1.66. The number of methoxy groups -OCH3 is 2. The van der Waals surface area contributed by atoms with E-state index in [0.717, 1.165) is 11.3 Å². The lowest BCUT2D eigenvalue weighted by molar-refractivity contribution is 0.371. The molecule has 0 unspecified atom stereocenters. The molecule has 1 aromatic heterocycles. The zero-order valence-electron chi connectivity index (χ0n) is 9.42. The van der Waals surface area contributed by atoms with Gasteiger partial charge in [0.15, 0.2) is 0 Å². The zero-order chi connectivity index (χ0) is 10.8. The topological polar surface area (TPSA) is 31.4 Å². The van der Waals surface area contributed by atoms with Crippen molar-refractivity contribution < 1.29 is 9.47 Å². The Morgan fingerprint density at radius 1 is 1.14 bits per heavy atom. The highest BCUT2D eigenvalue weighted by molar-refractivity contribution is 5.38. The first-order valence-corrected chi connectivity index (χ1v) is 4.57. The van der Waals surface area contributed by atoms with Gasteiger partial charge in [-0.05, 0) is 11.5 Å². The average Bonchev–Trinajstić information content (AvgIpc) is 2.15. The van der Waals surface area contributed by atoms with Crippen LogP contribution in [-0.4, -0.2) is 19.2 Å². The Balaban J connectivity index is 3.22. The van der Waals surface area contributed by atoms with E-state index >= 15 is 0 Å². The van der Waals surface area contributed by atoms with Crippen molar-refractivity contribution in [1.29, 1.82) is 0 Å². The maximum atomic E-state index is 5.20. The fourth-order valence-electron chi connectivity index (χ4n) is 1.24. The molecule has 14 heavy (non-hydrogen) atoms. The van der Waals surface area contributed by atoms with Crippen molar-refractivity contribution in [3.8, 4) is 11.6 Å². The Kier molecular flexibility index (Phi) is 2.99. The van der Waals surface area contributed by atoms with Crippen LogP contribution in [0.4, 0.5) is 0 Å². The van der Waals surface area contributed by atoms with Crippen LogP contribution >= 0.6 is 0 Å². The van der Waals surface area contributed by atoms with Crippen LogP contribution in [0.1, 0.15) is 26.3 Å². The molecule has 0 aliphatic heterocycles. The smallest absolute Gasteiger partial charge is 0.217 e. The van der Waals surface area contributed by atoms with E-state index in [-0.39, 0.29) is 5.41 Å². The number of aromatic nitrogens is 1. The number of hydrogen-bond acceptors (Lipinski definition) is 3. The summed E-state index contributed by atoms with van der Waals surface area (Å²) in [6.45, 7) is 6.35. The minimum atomic E-state index is 0.00683. The molecule has 0 aromatic carbocycles. The summed E-state index contributed by atoms with van der Waals surface area (Å²) in [5.41, 5.74) is 1.06. The van der Waals surface area contributed by atoms with Gasteiger partial charge < -0.3 is 9.47 Å². The van der Waals surface area contributed by atoms with Gasteiger partial charge in [-0.15, -0.1) is 0 Å². The van der Waals surface area contributed by atoms with Crippen molar-refractivity contribution in [2.75, 3.05) is 14.2 Å². The van der Waals surface area contributed by atoms with Gasteiger partial charge in [-0.3, -0.25) is 0 Å². The van der Waals surface area contributed by atoms with E-state index in [4.69, 9.17) is 9.47 Å². The van der Waals surface area contributed by atoms with Crippen molar-refractivity contribution in [3.63, 3.8) is 0 Å². The summed E-state index contributed by atoms with van der Waals surface area (Å²) >= 11 is 0. The van der Waals surface area contributed by atoms with Gasteiger partial charge in [-0.1, -0.05) is 20.8 Å². The SMILES string of the molecule is COc1cnc(OC)c(C(C)(C)C)c1. The maximum Gasteiger partial charge on any atom is 0.217 e. The molecule has 1 heterocycles. The second-order valence-corrected chi connectivity index (χ2v) is 4.18. The first-order valence-electron chi connectivity index (χ1n) is 4.57. The quantitative estimate of drug-likeness (QED) is 0.726. The lowest BCUT2D eigenvalue weighted by Crippen LogP contribution is -2.13. The summed E-state index contributed by atoms with van der Waals surface area (Å²) in [5, 5.41) is 0. The molecule has 0 aliphatic rings. The van der Waals surface area contributed by atoms with Gasteiger partial charge in [0.1, 0.15) is 5.75 Å². The Morgan fingerprint density at radius 2 is 1.79 bits per heavy atom. The summed E-state index contributed by atoms with van der Waals surface area (Å²) in [7, 11) is 3.26. The number of ether oxygens (including phenoxy) is 2. The van der Waals surface area contributed by atoms with Crippen LogP contribution in [0.3, 0.4) is 0 Å². The number of pyridine rings is 1. The van der Waals surface area contributed by atoms with E-state index in [1.807, 2.05) is 6.07 Å². The van der Waals surface area contributed by atoms with Crippen LogP contribution in [0.5, 0.6) is 11.6 Å². The van der Waals surface area contributed by atoms with E-state index in [0.29, 0.717) is 5.88 Å². The molecule has 0 radical (unpaired) electrons. The van der Waals surface area contributed by atoms with E-state index < -0.39 is 0 Å². The maximum absolute atomic E-state index is 5.20. The molecule has 3 heteroatoms. The molecule has 0 atom stereocenters. The molecular weight excluding hydrogens is 178 g/mol. The second kappa shape index (κ2) is 3.86. The van der Waals surface area contributed by atoms with Crippen LogP contribution in [-0.2, 0) is 5.41 Å². The standard InChI is InChI=1S/C11H17NO2/c1-11(2,3)9-6-8(13-4)7-12-10(9)14-5/h6-7H,1-5H3. The van der Waals surface area contributed by atoms with Crippen LogP contribution in [0.15, 0.2) is 12.3 Å². The Morgan fingerprint density at radius 3 is 2.21 bits per heavy atom. The predicted octanol–water partition coefficient (Wildman–Crippen LogP) is 2.40. The van der Waals surface area contributed by atoms with E-state index in [1.165, 1.54) is 0 Å². The lowest BCUT2D eigenvalue weighted by atomic mass is 9.87. The van der Waals surface area contributed by atoms with Gasteiger partial charge in [-0.2, -0.15) is 0 Å². The zero-order valence-corrected chi connectivity index (χ0v) is 9.42. The summed E-state index contributed by atoms with van der Waals surface area (Å²) in [5.74, 6) is 1.43. The van der Waals surface area contributed by atoms with Crippen LogP contribution in [0, 0.1) is 0 Å². The normalized spacial score (nSPS) is 11.2. The molecule has 0 saturated heterocycles. The fourth-order valence-corrected chi connectivity index (χ4v) is 1.24. The van der Waals surface area contributed by atoms with Crippen LogP contribution < -0.4 is 9.47 Å². The van der Waals surface area contributed by atoms with Crippen LogP contribution in [0.2, 0.25) is 0 Å². The van der Waals surface area contributed by atoms with Gasteiger partial charge in [0.25, 0.3) is 0 Å². The molecule has 78 valence electrons. The molecule has 1 rings (SSSR count). The van der Waals surface area contributed by atoms with Crippen molar-refractivity contribution in [1.82, 2.24) is 4.98 Å². The minimum absolute atomic E-state index is 0.00683. The van der Waals surface area contributed by atoms with Gasteiger partial charge in [0, 0.05) is 5.56 Å². The highest BCUT2D eigenvalue weighted by atomic mass is 16.5. The van der Waals surface area contributed by atoms with Gasteiger partial charge in [-0.25, -0.2) is 4.98 Å². The van der Waals surface area contributed by atoms with E-state index in [2.05, 4.69) is 25.8 Å². The van der Waals surface area contributed by atoms with Crippen molar-refractivity contribution in [3.05, 3.63) is 17.8 Å². The van der Waals surface area contributed by atoms with Gasteiger partial charge >= 0.3 is 0 Å². The number of nitrogens with zero attached hydrogens (tertiary/aromatic N) is 1. The Bertz CT molecular complexity index is 316. The van der Waals surface area contributed by atoms with Gasteiger partial charge in [0.05, 0.1) is 20.4 Å². The molecule has 0 spiro atoms. The summed E-state index contributed by atoms with van der Waals surface area (Å²) < 4.78 is 10.3. The molecule has 1 aromatic rings. The third-order valence-electron chi connectivity index (χ3n) is 2.06. The molecule has 0 N–H and O–H groups in total. The summed E-state index contributed by atoms with van der Waals surface area (Å²) in [4.78, 5) is 4.19. The van der Waals surface area contributed by atoms with E-state index in [9.17, 15) is 0 Å². The van der Waals surface area contributed by atoms with Crippen molar-refractivity contribution in [2.24, 2.45) is 0 Å². The Hall–Kier alpha value is -1.25. The molecule has 0 amide bonds. The van der Waals surface area contributed by atoms with E-state index in [1.54, 1.807) is 20.4 Å². The molecule has 0 fully saturated rings. The summed E-state index contributed by atoms with van der Waals surface area (Å²) in [6, 6.07) is 1.96. The first-order chi connectivity index (χ1) is 6.49. The van der Waals surface area contributed by atoms with Gasteiger partial charge in [0.2, 0.25) is 5.88 Å². The fraction of sp³-hybridized carbons (Fsp3) is 0.545. The Labute approximate surface area is 85.1 Å². The largest absolute Gasteiger partial charge is 0.495 e. The highest BCUT2D eigenvalue weighted by Crippen LogP contribution is 2.31. The molecular formula is C11H17NO2.